The van der Waals surface area contributed by atoms with Crippen LogP contribution in [0.25, 0.3) is 5.69 Å². The molecule has 3 rings (SSSR count). The Morgan fingerprint density at radius 1 is 1.04 bits per heavy atom. The Morgan fingerprint density at radius 2 is 1.64 bits per heavy atom. The fourth-order valence-electron chi connectivity index (χ4n) is 2.85. The Morgan fingerprint density at radius 3 is 2.29 bits per heavy atom. The van der Waals surface area contributed by atoms with Gasteiger partial charge in [-0.3, -0.25) is 14.2 Å². The summed E-state index contributed by atoms with van der Waals surface area (Å²) < 4.78 is 35.8. The average molecular weight is 401 g/mol. The molecule has 0 amide bonds. The molecule has 0 aliphatic rings. The maximum Gasteiger partial charge on any atom is 0.339 e. The maximum absolute atomic E-state index is 12.9. The standard InChI is InChI=1S/C19H19N3O5S/c1-13-17(18(23)22(21(13)2)14-9-5-4-6-10-14)20-28(25,26)16-12-8-7-11-15(16)19(24)27-3/h4-12,20H,1-3H3. The van der Waals surface area contributed by atoms with E-state index in [9.17, 15) is 18.0 Å². The normalized spacial score (nSPS) is 11.2. The molecular formula is C19H19N3O5S. The van der Waals surface area contributed by atoms with Gasteiger partial charge in [0.05, 0.1) is 24.1 Å². The predicted molar refractivity (Wildman–Crippen MR) is 104 cm³/mol. The van der Waals surface area contributed by atoms with E-state index in [2.05, 4.69) is 9.46 Å². The van der Waals surface area contributed by atoms with Gasteiger partial charge in [0.25, 0.3) is 15.6 Å². The topological polar surface area (TPSA) is 99.4 Å². The van der Waals surface area contributed by atoms with Gasteiger partial charge in [-0.25, -0.2) is 17.9 Å². The Labute approximate surface area is 162 Å². The lowest BCUT2D eigenvalue weighted by molar-refractivity contribution is 0.0596. The molecule has 0 bridgehead atoms. The van der Waals surface area contributed by atoms with Crippen molar-refractivity contribution in [2.45, 2.75) is 11.8 Å². The van der Waals surface area contributed by atoms with Crippen LogP contribution in [-0.4, -0.2) is 30.9 Å². The van der Waals surface area contributed by atoms with Gasteiger partial charge in [-0.1, -0.05) is 30.3 Å². The van der Waals surface area contributed by atoms with Crippen molar-refractivity contribution >= 4 is 21.7 Å². The summed E-state index contributed by atoms with van der Waals surface area (Å²) in [5.74, 6) is -0.785. The van der Waals surface area contributed by atoms with Crippen LogP contribution in [0.4, 0.5) is 5.69 Å². The summed E-state index contributed by atoms with van der Waals surface area (Å²) in [5, 5.41) is 0. The molecule has 9 heteroatoms. The summed E-state index contributed by atoms with van der Waals surface area (Å²) in [7, 11) is -1.38. The molecule has 0 aliphatic heterocycles. The molecule has 0 spiro atoms. The SMILES string of the molecule is COC(=O)c1ccccc1S(=O)(=O)Nc1c(C)n(C)n(-c2ccccc2)c1=O. The highest BCUT2D eigenvalue weighted by Crippen LogP contribution is 2.21. The molecule has 3 aromatic rings. The minimum atomic E-state index is -4.21. The number of carbonyl (C=O) groups excluding carboxylic acids is 1. The highest BCUT2D eigenvalue weighted by Gasteiger charge is 2.26. The summed E-state index contributed by atoms with van der Waals surface area (Å²) in [6.45, 7) is 1.63. The molecule has 28 heavy (non-hydrogen) atoms. The third kappa shape index (κ3) is 3.31. The van der Waals surface area contributed by atoms with Crippen LogP contribution >= 0.6 is 0 Å². The third-order valence-corrected chi connectivity index (χ3v) is 5.78. The molecule has 0 aliphatic carbocycles. The number of anilines is 1. The molecule has 0 fully saturated rings. The lowest BCUT2D eigenvalue weighted by Crippen LogP contribution is -2.24. The largest absolute Gasteiger partial charge is 0.465 e. The number of aromatic nitrogens is 2. The maximum atomic E-state index is 12.9. The summed E-state index contributed by atoms with van der Waals surface area (Å²) in [5.41, 5.74) is 0.289. The van der Waals surface area contributed by atoms with Crippen LogP contribution < -0.4 is 10.3 Å². The van der Waals surface area contributed by atoms with Gasteiger partial charge in [0.2, 0.25) is 0 Å². The summed E-state index contributed by atoms with van der Waals surface area (Å²) >= 11 is 0. The minimum Gasteiger partial charge on any atom is -0.465 e. The van der Waals surface area contributed by atoms with Crippen molar-refractivity contribution < 1.29 is 17.9 Å². The fraction of sp³-hybridized carbons (Fsp3) is 0.158. The molecule has 0 saturated heterocycles. The minimum absolute atomic E-state index is 0.0916. The predicted octanol–water partition coefficient (Wildman–Crippen LogP) is 2.07. The molecule has 1 heterocycles. The zero-order valence-corrected chi connectivity index (χ0v) is 16.4. The number of hydrogen-bond acceptors (Lipinski definition) is 5. The van der Waals surface area contributed by atoms with E-state index in [0.29, 0.717) is 11.4 Å². The van der Waals surface area contributed by atoms with Crippen molar-refractivity contribution in [2.75, 3.05) is 11.8 Å². The van der Waals surface area contributed by atoms with E-state index in [1.165, 1.54) is 36.1 Å². The number of methoxy groups -OCH3 is 1. The van der Waals surface area contributed by atoms with E-state index in [4.69, 9.17) is 0 Å². The number of carbonyl (C=O) groups is 1. The van der Waals surface area contributed by atoms with Crippen molar-refractivity contribution in [3.05, 3.63) is 76.2 Å². The molecule has 146 valence electrons. The van der Waals surface area contributed by atoms with Crippen LogP contribution in [-0.2, 0) is 21.8 Å². The van der Waals surface area contributed by atoms with Crippen LogP contribution in [0, 0.1) is 6.92 Å². The Bertz CT molecular complexity index is 1190. The molecule has 0 radical (unpaired) electrons. The van der Waals surface area contributed by atoms with Gasteiger partial charge in [-0.15, -0.1) is 0 Å². The second-order valence-electron chi connectivity index (χ2n) is 6.03. The molecule has 2 aromatic carbocycles. The molecule has 0 saturated carbocycles. The van der Waals surface area contributed by atoms with E-state index in [1.807, 2.05) is 6.07 Å². The summed E-state index contributed by atoms with van der Waals surface area (Å²) in [6.07, 6.45) is 0. The monoisotopic (exact) mass is 401 g/mol. The van der Waals surface area contributed by atoms with Crippen LogP contribution in [0.3, 0.4) is 0 Å². The van der Waals surface area contributed by atoms with E-state index in [0.717, 1.165) is 0 Å². The fourth-order valence-corrected chi connectivity index (χ4v) is 4.17. The summed E-state index contributed by atoms with van der Waals surface area (Å²) in [6, 6.07) is 14.5. The van der Waals surface area contributed by atoms with Crippen molar-refractivity contribution in [1.82, 2.24) is 9.36 Å². The summed E-state index contributed by atoms with van der Waals surface area (Å²) in [4.78, 5) is 24.6. The number of ether oxygens (including phenoxy) is 1. The van der Waals surface area contributed by atoms with E-state index in [1.54, 1.807) is 42.9 Å². The zero-order valence-electron chi connectivity index (χ0n) is 15.5. The number of sulfonamides is 1. The number of nitrogens with one attached hydrogen (secondary N) is 1. The van der Waals surface area contributed by atoms with Crippen LogP contribution in [0.5, 0.6) is 0 Å². The lowest BCUT2D eigenvalue weighted by atomic mass is 10.2. The van der Waals surface area contributed by atoms with Gasteiger partial charge >= 0.3 is 5.97 Å². The second kappa shape index (κ2) is 7.35. The van der Waals surface area contributed by atoms with Crippen molar-refractivity contribution in [3.8, 4) is 5.69 Å². The highest BCUT2D eigenvalue weighted by atomic mass is 32.2. The van der Waals surface area contributed by atoms with E-state index < -0.39 is 21.6 Å². The van der Waals surface area contributed by atoms with Gasteiger partial charge in [0.15, 0.2) is 0 Å². The highest BCUT2D eigenvalue weighted by molar-refractivity contribution is 7.92. The third-order valence-electron chi connectivity index (χ3n) is 4.37. The van der Waals surface area contributed by atoms with Crippen molar-refractivity contribution in [3.63, 3.8) is 0 Å². The number of esters is 1. The van der Waals surface area contributed by atoms with Crippen molar-refractivity contribution in [1.29, 1.82) is 0 Å². The first kappa shape index (κ1) is 19.4. The second-order valence-corrected chi connectivity index (χ2v) is 7.68. The van der Waals surface area contributed by atoms with Gasteiger partial charge in [-0.2, -0.15) is 0 Å². The van der Waals surface area contributed by atoms with Crippen LogP contribution in [0.2, 0.25) is 0 Å². The number of benzene rings is 2. The Hall–Kier alpha value is -3.33. The lowest BCUT2D eigenvalue weighted by Gasteiger charge is -2.10. The Balaban J connectivity index is 2.11. The molecule has 0 unspecified atom stereocenters. The zero-order chi connectivity index (χ0) is 20.5. The molecule has 8 nitrogen and oxygen atoms in total. The number of para-hydroxylation sites is 1. The average Bonchev–Trinajstić information content (AvgIpc) is 2.91. The van der Waals surface area contributed by atoms with Gasteiger partial charge in [-0.05, 0) is 31.2 Å². The first-order valence-corrected chi connectivity index (χ1v) is 9.80. The van der Waals surface area contributed by atoms with E-state index >= 15 is 0 Å². The quantitative estimate of drug-likeness (QED) is 0.660. The number of nitrogens with zero attached hydrogens (tertiary/aromatic N) is 2. The number of hydrogen-bond donors (Lipinski definition) is 1. The van der Waals surface area contributed by atoms with Crippen LogP contribution in [0.15, 0.2) is 64.3 Å². The molecule has 0 atom stereocenters. The van der Waals surface area contributed by atoms with Gasteiger partial charge < -0.3 is 4.74 Å². The molecular weight excluding hydrogens is 382 g/mol. The number of rotatable bonds is 5. The first-order chi connectivity index (χ1) is 13.3. The van der Waals surface area contributed by atoms with Gasteiger partial charge in [0, 0.05) is 7.05 Å². The molecule has 1 aromatic heterocycles. The first-order valence-electron chi connectivity index (χ1n) is 8.32. The van der Waals surface area contributed by atoms with Crippen LogP contribution in [0.1, 0.15) is 16.1 Å². The smallest absolute Gasteiger partial charge is 0.339 e. The van der Waals surface area contributed by atoms with Gasteiger partial charge in [0.1, 0.15) is 10.6 Å². The Kier molecular flexibility index (Phi) is 5.10. The van der Waals surface area contributed by atoms with E-state index in [-0.39, 0.29) is 16.1 Å². The molecule has 1 N–H and O–H groups in total. The van der Waals surface area contributed by atoms with Crippen molar-refractivity contribution in [2.24, 2.45) is 7.05 Å².